The molecule has 0 spiro atoms. The van der Waals surface area contributed by atoms with E-state index < -0.39 is 11.6 Å². The van der Waals surface area contributed by atoms with Gasteiger partial charge in [-0.1, -0.05) is 0 Å². The Labute approximate surface area is 158 Å². The van der Waals surface area contributed by atoms with Crippen molar-refractivity contribution in [2.75, 3.05) is 41.0 Å². The van der Waals surface area contributed by atoms with Gasteiger partial charge in [-0.25, -0.2) is 8.78 Å². The lowest BCUT2D eigenvalue weighted by Gasteiger charge is -2.46. The Hall–Kier alpha value is -2.18. The van der Waals surface area contributed by atoms with E-state index >= 15 is 0 Å². The predicted molar refractivity (Wildman–Crippen MR) is 99.1 cm³/mol. The molecule has 1 heterocycles. The molecule has 0 saturated carbocycles. The highest BCUT2D eigenvalue weighted by molar-refractivity contribution is 5.50. The summed E-state index contributed by atoms with van der Waals surface area (Å²) in [4.78, 5) is 0. The topological polar surface area (TPSA) is 38.7 Å². The standard InChI is InChI=1S/C21H26F2NO3/c1-24(8-4-10-25)9-7-14-12-19(26-2)20(27-3)13-16(14)21(24)15-5-6-17(22)18(23)11-15/h5-6,11-13,21,25H,4,7-10H2,1-3H3/q+1/t21-,24+/m0/s1. The van der Waals surface area contributed by atoms with Crippen LogP contribution >= 0.6 is 0 Å². The molecule has 6 heteroatoms. The molecule has 0 amide bonds. The lowest BCUT2D eigenvalue weighted by Crippen LogP contribution is -2.52. The fourth-order valence-corrected chi connectivity index (χ4v) is 4.14. The largest absolute Gasteiger partial charge is 0.493 e. The minimum Gasteiger partial charge on any atom is -0.493 e. The Morgan fingerprint density at radius 3 is 2.41 bits per heavy atom. The lowest BCUT2D eigenvalue weighted by molar-refractivity contribution is -0.935. The molecule has 0 bridgehead atoms. The van der Waals surface area contributed by atoms with Gasteiger partial charge in [-0.15, -0.1) is 0 Å². The highest BCUT2D eigenvalue weighted by Crippen LogP contribution is 2.44. The number of hydrogen-bond acceptors (Lipinski definition) is 3. The smallest absolute Gasteiger partial charge is 0.161 e. The molecule has 2 aromatic rings. The zero-order valence-electron chi connectivity index (χ0n) is 16.0. The van der Waals surface area contributed by atoms with Crippen LogP contribution in [0.25, 0.3) is 0 Å². The fraction of sp³-hybridized carbons (Fsp3) is 0.429. The van der Waals surface area contributed by atoms with Crippen LogP contribution in [0.2, 0.25) is 0 Å². The molecule has 1 aliphatic rings. The van der Waals surface area contributed by atoms with Gasteiger partial charge in [0.2, 0.25) is 0 Å². The van der Waals surface area contributed by atoms with E-state index in [1.807, 2.05) is 12.1 Å². The molecule has 27 heavy (non-hydrogen) atoms. The number of quaternary nitrogens is 1. The maximum atomic E-state index is 14.0. The van der Waals surface area contributed by atoms with Crippen LogP contribution in [0.4, 0.5) is 8.78 Å². The van der Waals surface area contributed by atoms with Gasteiger partial charge in [0.15, 0.2) is 23.1 Å². The van der Waals surface area contributed by atoms with Crippen LogP contribution in [0.3, 0.4) is 0 Å². The van der Waals surface area contributed by atoms with Crippen LogP contribution < -0.4 is 9.47 Å². The normalized spacial score (nSPS) is 21.6. The summed E-state index contributed by atoms with van der Waals surface area (Å²) in [6.07, 6.45) is 1.47. The number of hydrogen-bond donors (Lipinski definition) is 1. The van der Waals surface area contributed by atoms with E-state index in [9.17, 15) is 13.9 Å². The second-order valence-electron chi connectivity index (χ2n) is 7.24. The second kappa shape index (κ2) is 7.82. The number of fused-ring (bicyclic) bond motifs is 1. The maximum Gasteiger partial charge on any atom is 0.161 e. The summed E-state index contributed by atoms with van der Waals surface area (Å²) < 4.78 is 39.0. The summed E-state index contributed by atoms with van der Waals surface area (Å²) in [6.45, 7) is 1.65. The molecule has 2 atom stereocenters. The van der Waals surface area contributed by atoms with Gasteiger partial charge >= 0.3 is 0 Å². The van der Waals surface area contributed by atoms with E-state index in [4.69, 9.17) is 9.47 Å². The molecule has 3 rings (SSSR count). The average molecular weight is 378 g/mol. The van der Waals surface area contributed by atoms with E-state index in [1.165, 1.54) is 12.1 Å². The zero-order chi connectivity index (χ0) is 19.6. The van der Waals surface area contributed by atoms with E-state index in [0.29, 0.717) is 28.0 Å². The molecule has 2 aromatic carbocycles. The summed E-state index contributed by atoms with van der Waals surface area (Å²) in [7, 11) is 5.28. The van der Waals surface area contributed by atoms with Gasteiger partial charge in [0.25, 0.3) is 0 Å². The van der Waals surface area contributed by atoms with Gasteiger partial charge < -0.3 is 19.1 Å². The molecular formula is C21H26F2NO3+. The minimum atomic E-state index is -0.855. The number of rotatable bonds is 6. The third kappa shape index (κ3) is 3.64. The number of likely N-dealkylation sites (N-methyl/N-ethyl adjacent to an activating group) is 1. The summed E-state index contributed by atoms with van der Waals surface area (Å²) in [5.41, 5.74) is 2.84. The number of ether oxygens (including phenoxy) is 2. The van der Waals surface area contributed by atoms with E-state index in [-0.39, 0.29) is 12.6 Å². The molecule has 4 nitrogen and oxygen atoms in total. The van der Waals surface area contributed by atoms with Gasteiger partial charge in [-0.2, -0.15) is 0 Å². The molecule has 146 valence electrons. The van der Waals surface area contributed by atoms with Gasteiger partial charge in [-0.05, 0) is 35.9 Å². The van der Waals surface area contributed by atoms with Crippen LogP contribution in [0.15, 0.2) is 30.3 Å². The van der Waals surface area contributed by atoms with Crippen molar-refractivity contribution in [1.29, 1.82) is 0 Å². The molecule has 0 fully saturated rings. The number of halogens is 2. The van der Waals surface area contributed by atoms with Crippen molar-refractivity contribution >= 4 is 0 Å². The van der Waals surface area contributed by atoms with Gasteiger partial charge in [0.1, 0.15) is 6.04 Å². The average Bonchev–Trinajstić information content (AvgIpc) is 2.67. The summed E-state index contributed by atoms with van der Waals surface area (Å²) >= 11 is 0. The third-order valence-electron chi connectivity index (χ3n) is 5.54. The molecule has 1 aliphatic heterocycles. The van der Waals surface area contributed by atoms with Crippen molar-refractivity contribution in [3.63, 3.8) is 0 Å². The molecule has 0 unspecified atom stereocenters. The van der Waals surface area contributed by atoms with Crippen LogP contribution in [-0.4, -0.2) is 50.6 Å². The van der Waals surface area contributed by atoms with E-state index in [1.54, 1.807) is 20.3 Å². The monoisotopic (exact) mass is 378 g/mol. The molecule has 1 N–H and O–H groups in total. The Balaban J connectivity index is 2.18. The first-order valence-electron chi connectivity index (χ1n) is 9.08. The first-order chi connectivity index (χ1) is 12.9. The van der Waals surface area contributed by atoms with Crippen LogP contribution in [0.5, 0.6) is 11.5 Å². The fourth-order valence-electron chi connectivity index (χ4n) is 4.14. The van der Waals surface area contributed by atoms with Crippen LogP contribution in [0, 0.1) is 11.6 Å². The number of nitrogens with zero attached hydrogens (tertiary/aromatic N) is 1. The molecule has 0 saturated heterocycles. The quantitative estimate of drug-likeness (QED) is 0.783. The highest BCUT2D eigenvalue weighted by Gasteiger charge is 2.41. The Morgan fingerprint density at radius 1 is 1.07 bits per heavy atom. The number of aliphatic hydroxyl groups is 1. The number of benzene rings is 2. The van der Waals surface area contributed by atoms with Gasteiger partial charge in [0.05, 0.1) is 34.4 Å². The van der Waals surface area contributed by atoms with Crippen molar-refractivity contribution in [3.8, 4) is 11.5 Å². The van der Waals surface area contributed by atoms with Crippen molar-refractivity contribution in [2.45, 2.75) is 18.9 Å². The van der Waals surface area contributed by atoms with Crippen molar-refractivity contribution in [3.05, 3.63) is 58.7 Å². The van der Waals surface area contributed by atoms with Crippen molar-refractivity contribution in [1.82, 2.24) is 0 Å². The number of methoxy groups -OCH3 is 2. The highest BCUT2D eigenvalue weighted by atomic mass is 19.2. The lowest BCUT2D eigenvalue weighted by atomic mass is 9.85. The summed E-state index contributed by atoms with van der Waals surface area (Å²) in [5, 5.41) is 9.34. The molecule has 0 aromatic heterocycles. The van der Waals surface area contributed by atoms with Crippen LogP contribution in [-0.2, 0) is 6.42 Å². The first-order valence-corrected chi connectivity index (χ1v) is 9.08. The Kier molecular flexibility index (Phi) is 5.67. The SMILES string of the molecule is COc1cc2c(cc1OC)[C@H](c1ccc(F)c(F)c1)[N@+](C)(CCCO)CC2. The predicted octanol–water partition coefficient (Wildman–Crippen LogP) is 3.46. The van der Waals surface area contributed by atoms with Crippen molar-refractivity contribution < 1.29 is 27.8 Å². The van der Waals surface area contributed by atoms with Crippen molar-refractivity contribution in [2.24, 2.45) is 0 Å². The third-order valence-corrected chi connectivity index (χ3v) is 5.54. The molecule has 0 aliphatic carbocycles. The number of aliphatic hydroxyl groups excluding tert-OH is 1. The summed E-state index contributed by atoms with van der Waals surface area (Å²) in [6, 6.07) is 7.82. The van der Waals surface area contributed by atoms with Gasteiger partial charge in [-0.3, -0.25) is 0 Å². The molecular weight excluding hydrogens is 352 g/mol. The van der Waals surface area contributed by atoms with E-state index in [2.05, 4.69) is 7.05 Å². The Morgan fingerprint density at radius 2 is 1.78 bits per heavy atom. The van der Waals surface area contributed by atoms with Gasteiger partial charge in [0, 0.05) is 30.6 Å². The molecule has 0 radical (unpaired) electrons. The maximum absolute atomic E-state index is 14.0. The summed E-state index contributed by atoms with van der Waals surface area (Å²) in [5.74, 6) is -0.438. The minimum absolute atomic E-state index is 0.0944. The Bertz CT molecular complexity index is 827. The van der Waals surface area contributed by atoms with E-state index in [0.717, 1.165) is 30.6 Å². The second-order valence-corrected chi connectivity index (χ2v) is 7.24. The zero-order valence-corrected chi connectivity index (χ0v) is 16.0. The first kappa shape index (κ1) is 19.6. The van der Waals surface area contributed by atoms with Crippen LogP contribution in [0.1, 0.15) is 29.2 Å².